The van der Waals surface area contributed by atoms with Crippen LogP contribution in [-0.2, 0) is 10.0 Å². The van der Waals surface area contributed by atoms with E-state index in [0.717, 1.165) is 19.3 Å². The van der Waals surface area contributed by atoms with Crippen LogP contribution in [-0.4, -0.2) is 31.4 Å². The van der Waals surface area contributed by atoms with Gasteiger partial charge in [0, 0.05) is 25.2 Å². The molecule has 2 rings (SSSR count). The van der Waals surface area contributed by atoms with Crippen molar-refractivity contribution in [2.75, 3.05) is 18.9 Å². The molecule has 0 saturated carbocycles. The maximum Gasteiger partial charge on any atom is 0.260 e. The van der Waals surface area contributed by atoms with E-state index in [1.807, 2.05) is 5.38 Å². The summed E-state index contributed by atoms with van der Waals surface area (Å²) >= 11 is 1.41. The molecule has 0 fully saturated rings. The molecule has 2 heterocycles. The lowest BCUT2D eigenvalue weighted by atomic mass is 10.3. The topological polar surface area (TPSA) is 75.5 Å². The number of anilines is 1. The Morgan fingerprint density at radius 1 is 1.42 bits per heavy atom. The van der Waals surface area contributed by atoms with Crippen molar-refractivity contribution in [3.63, 3.8) is 0 Å². The van der Waals surface area contributed by atoms with Crippen molar-refractivity contribution in [2.24, 2.45) is 0 Å². The van der Waals surface area contributed by atoms with E-state index in [2.05, 4.69) is 21.9 Å². The second-order valence-electron chi connectivity index (χ2n) is 4.18. The SMILES string of the molecule is CCCCCNS(=O)(=O)c1c(NC)nc2sccn12. The summed E-state index contributed by atoms with van der Waals surface area (Å²) in [5, 5.41) is 4.83. The molecule has 0 atom stereocenters. The van der Waals surface area contributed by atoms with Gasteiger partial charge in [-0.2, -0.15) is 0 Å². The van der Waals surface area contributed by atoms with Crippen molar-refractivity contribution in [3.8, 4) is 0 Å². The summed E-state index contributed by atoms with van der Waals surface area (Å²) in [5.74, 6) is 0.384. The van der Waals surface area contributed by atoms with Gasteiger partial charge in [0.2, 0.25) is 0 Å². The average Bonchev–Trinajstić information content (AvgIpc) is 2.93. The lowest BCUT2D eigenvalue weighted by molar-refractivity contribution is 0.572. The van der Waals surface area contributed by atoms with Crippen molar-refractivity contribution in [1.29, 1.82) is 0 Å². The van der Waals surface area contributed by atoms with Gasteiger partial charge in [-0.15, -0.1) is 11.3 Å². The molecule has 19 heavy (non-hydrogen) atoms. The number of nitrogens with zero attached hydrogens (tertiary/aromatic N) is 2. The molecule has 0 aliphatic rings. The van der Waals surface area contributed by atoms with Crippen LogP contribution in [0.5, 0.6) is 0 Å². The smallest absolute Gasteiger partial charge is 0.260 e. The van der Waals surface area contributed by atoms with Crippen molar-refractivity contribution in [3.05, 3.63) is 11.6 Å². The van der Waals surface area contributed by atoms with Gasteiger partial charge in [0.05, 0.1) is 0 Å². The monoisotopic (exact) mass is 302 g/mol. The maximum absolute atomic E-state index is 12.3. The number of aromatic nitrogens is 2. The highest BCUT2D eigenvalue weighted by Crippen LogP contribution is 2.25. The van der Waals surface area contributed by atoms with Gasteiger partial charge in [-0.25, -0.2) is 18.1 Å². The number of hydrogen-bond acceptors (Lipinski definition) is 5. The second-order valence-corrected chi connectivity index (χ2v) is 6.73. The maximum atomic E-state index is 12.3. The summed E-state index contributed by atoms with van der Waals surface area (Å²) in [5.41, 5.74) is 0. The number of sulfonamides is 1. The van der Waals surface area contributed by atoms with Gasteiger partial charge in [0.15, 0.2) is 15.8 Å². The standard InChI is InChI=1S/C11H18N4O2S2/c1-3-4-5-6-13-19(16,17)10-9(12-2)14-11-15(10)7-8-18-11/h7-8,12-13H,3-6H2,1-2H3. The van der Waals surface area contributed by atoms with Gasteiger partial charge in [0.25, 0.3) is 10.0 Å². The van der Waals surface area contributed by atoms with Crippen molar-refractivity contribution >= 4 is 32.1 Å². The minimum Gasteiger partial charge on any atom is -0.371 e. The quantitative estimate of drug-likeness (QED) is 0.766. The molecule has 106 valence electrons. The van der Waals surface area contributed by atoms with E-state index in [1.54, 1.807) is 17.6 Å². The van der Waals surface area contributed by atoms with E-state index in [0.29, 0.717) is 17.3 Å². The van der Waals surface area contributed by atoms with E-state index < -0.39 is 10.0 Å². The number of nitrogens with one attached hydrogen (secondary N) is 2. The molecular weight excluding hydrogens is 284 g/mol. The molecule has 2 N–H and O–H groups in total. The largest absolute Gasteiger partial charge is 0.371 e. The third-order valence-corrected chi connectivity index (χ3v) is 5.02. The van der Waals surface area contributed by atoms with Crippen LogP contribution in [0.25, 0.3) is 4.96 Å². The fourth-order valence-electron chi connectivity index (χ4n) is 1.83. The van der Waals surface area contributed by atoms with E-state index in [4.69, 9.17) is 0 Å². The first kappa shape index (κ1) is 14.3. The Morgan fingerprint density at radius 2 is 2.21 bits per heavy atom. The van der Waals surface area contributed by atoms with Crippen molar-refractivity contribution < 1.29 is 8.42 Å². The minimum atomic E-state index is -3.54. The van der Waals surface area contributed by atoms with Crippen LogP contribution < -0.4 is 10.0 Å². The lowest BCUT2D eigenvalue weighted by Gasteiger charge is -2.07. The fraction of sp³-hybridized carbons (Fsp3) is 0.545. The van der Waals surface area contributed by atoms with Crippen LogP contribution >= 0.6 is 11.3 Å². The van der Waals surface area contributed by atoms with Gasteiger partial charge in [-0.1, -0.05) is 19.8 Å². The zero-order valence-corrected chi connectivity index (χ0v) is 12.6. The van der Waals surface area contributed by atoms with Crippen LogP contribution in [0.1, 0.15) is 26.2 Å². The zero-order chi connectivity index (χ0) is 13.9. The highest BCUT2D eigenvalue weighted by molar-refractivity contribution is 7.89. The number of thiazole rings is 1. The Kier molecular flexibility index (Phi) is 4.43. The van der Waals surface area contributed by atoms with Crippen LogP contribution in [0.2, 0.25) is 0 Å². The molecule has 0 unspecified atom stereocenters. The van der Waals surface area contributed by atoms with Crippen molar-refractivity contribution in [2.45, 2.75) is 31.2 Å². The first-order valence-electron chi connectivity index (χ1n) is 6.23. The van der Waals surface area contributed by atoms with Gasteiger partial charge in [0.1, 0.15) is 0 Å². The van der Waals surface area contributed by atoms with Gasteiger partial charge >= 0.3 is 0 Å². The Morgan fingerprint density at radius 3 is 2.89 bits per heavy atom. The Balaban J connectivity index is 2.28. The second kappa shape index (κ2) is 5.89. The first-order chi connectivity index (χ1) is 9.10. The van der Waals surface area contributed by atoms with Crippen LogP contribution in [0.3, 0.4) is 0 Å². The number of fused-ring (bicyclic) bond motifs is 1. The molecule has 0 aliphatic carbocycles. The highest BCUT2D eigenvalue weighted by atomic mass is 32.2. The first-order valence-corrected chi connectivity index (χ1v) is 8.59. The Bertz CT molecular complexity index is 645. The Labute approximate surface area is 116 Å². The number of rotatable bonds is 7. The van der Waals surface area contributed by atoms with Gasteiger partial charge in [-0.05, 0) is 6.42 Å². The van der Waals surface area contributed by atoms with Crippen LogP contribution in [0.4, 0.5) is 5.82 Å². The molecule has 0 spiro atoms. The van der Waals surface area contributed by atoms with Gasteiger partial charge in [-0.3, -0.25) is 4.40 Å². The molecule has 6 nitrogen and oxygen atoms in total. The molecule has 2 aromatic heterocycles. The van der Waals surface area contributed by atoms with Crippen LogP contribution in [0, 0.1) is 0 Å². The third kappa shape index (κ3) is 2.90. The molecule has 0 radical (unpaired) electrons. The zero-order valence-electron chi connectivity index (χ0n) is 11.0. The molecule has 0 bridgehead atoms. The van der Waals surface area contributed by atoms with E-state index >= 15 is 0 Å². The van der Waals surface area contributed by atoms with E-state index in [-0.39, 0.29) is 5.03 Å². The molecule has 0 aliphatic heterocycles. The van der Waals surface area contributed by atoms with Crippen molar-refractivity contribution in [1.82, 2.24) is 14.1 Å². The predicted molar refractivity (Wildman–Crippen MR) is 77.3 cm³/mol. The van der Waals surface area contributed by atoms with E-state index in [1.165, 1.54) is 11.3 Å². The summed E-state index contributed by atoms with van der Waals surface area (Å²) in [6.07, 6.45) is 4.64. The fourth-order valence-corrected chi connectivity index (χ4v) is 3.96. The average molecular weight is 302 g/mol. The van der Waals surface area contributed by atoms with Gasteiger partial charge < -0.3 is 5.32 Å². The summed E-state index contributed by atoms with van der Waals surface area (Å²) in [4.78, 5) is 4.92. The Hall–Kier alpha value is -1.12. The summed E-state index contributed by atoms with van der Waals surface area (Å²) in [7, 11) is -1.87. The normalized spacial score (nSPS) is 12.1. The highest BCUT2D eigenvalue weighted by Gasteiger charge is 2.24. The summed E-state index contributed by atoms with van der Waals surface area (Å²) < 4.78 is 28.9. The molecule has 0 amide bonds. The number of imidazole rings is 1. The molecule has 0 aromatic carbocycles. The lowest BCUT2D eigenvalue weighted by Crippen LogP contribution is -2.26. The number of hydrogen-bond donors (Lipinski definition) is 2. The van der Waals surface area contributed by atoms with Crippen LogP contribution in [0.15, 0.2) is 16.6 Å². The molecule has 2 aromatic rings. The predicted octanol–water partition coefficient (Wildman–Crippen LogP) is 1.91. The third-order valence-electron chi connectivity index (χ3n) is 2.78. The molecule has 0 saturated heterocycles. The van der Waals surface area contributed by atoms with E-state index in [9.17, 15) is 8.42 Å². The summed E-state index contributed by atoms with van der Waals surface area (Å²) in [6, 6.07) is 0. The molecule has 8 heteroatoms. The minimum absolute atomic E-state index is 0.183. The number of unbranched alkanes of at least 4 members (excludes halogenated alkanes) is 2. The molecular formula is C11H18N4O2S2. The summed E-state index contributed by atoms with van der Waals surface area (Å²) in [6.45, 7) is 2.54.